The van der Waals surface area contributed by atoms with Crippen LogP contribution in [0.5, 0.6) is 0 Å². The van der Waals surface area contributed by atoms with Gasteiger partial charge in [0.05, 0.1) is 11.0 Å². The number of aromatic nitrogens is 4. The number of nitrogens with zero attached hydrogens (tertiary/aromatic N) is 4. The molecule has 7 nitrogen and oxygen atoms in total. The van der Waals surface area contributed by atoms with Gasteiger partial charge in [-0.05, 0) is 49.7 Å². The zero-order valence-corrected chi connectivity index (χ0v) is 15.1. The first-order valence-electron chi connectivity index (χ1n) is 8.83. The van der Waals surface area contributed by atoms with E-state index in [-0.39, 0.29) is 5.91 Å². The van der Waals surface area contributed by atoms with E-state index in [2.05, 4.69) is 27.4 Å². The molecule has 136 valence electrons. The van der Waals surface area contributed by atoms with Crippen molar-refractivity contribution in [2.24, 2.45) is 0 Å². The van der Waals surface area contributed by atoms with Gasteiger partial charge in [-0.2, -0.15) is 4.98 Å². The van der Waals surface area contributed by atoms with Crippen LogP contribution < -0.4 is 5.32 Å². The molecular formula is C20H19N5O2. The SMILES string of the molecule is CCCn1c(NC(=O)c2ccc(-c3nc(C)no3)cc2)nc2ccccc21. The molecule has 7 heteroatoms. The Hall–Kier alpha value is -3.48. The molecule has 1 N–H and O–H groups in total. The van der Waals surface area contributed by atoms with Gasteiger partial charge in [0.25, 0.3) is 11.8 Å². The molecular weight excluding hydrogens is 342 g/mol. The average Bonchev–Trinajstić information content (AvgIpc) is 3.26. The maximum Gasteiger partial charge on any atom is 0.257 e. The minimum atomic E-state index is -0.212. The molecule has 2 aromatic carbocycles. The maximum absolute atomic E-state index is 12.7. The Bertz CT molecular complexity index is 1100. The number of aryl methyl sites for hydroxylation is 2. The number of rotatable bonds is 5. The van der Waals surface area contributed by atoms with E-state index in [1.807, 2.05) is 28.8 Å². The Morgan fingerprint density at radius 2 is 1.89 bits per heavy atom. The van der Waals surface area contributed by atoms with Crippen LogP contribution in [0.3, 0.4) is 0 Å². The highest BCUT2D eigenvalue weighted by molar-refractivity contribution is 6.04. The number of para-hydroxylation sites is 2. The van der Waals surface area contributed by atoms with Crippen LogP contribution in [0.15, 0.2) is 53.1 Å². The lowest BCUT2D eigenvalue weighted by molar-refractivity contribution is 0.102. The molecule has 0 aliphatic heterocycles. The molecule has 0 saturated carbocycles. The van der Waals surface area contributed by atoms with Crippen LogP contribution in [0.4, 0.5) is 5.95 Å². The Balaban J connectivity index is 1.59. The van der Waals surface area contributed by atoms with Crippen LogP contribution >= 0.6 is 0 Å². The van der Waals surface area contributed by atoms with Crippen molar-refractivity contribution in [1.82, 2.24) is 19.7 Å². The van der Waals surface area contributed by atoms with Crippen molar-refractivity contribution in [3.63, 3.8) is 0 Å². The molecule has 4 aromatic rings. The smallest absolute Gasteiger partial charge is 0.257 e. The van der Waals surface area contributed by atoms with E-state index in [0.29, 0.717) is 23.2 Å². The van der Waals surface area contributed by atoms with Crippen LogP contribution in [0, 0.1) is 6.92 Å². The summed E-state index contributed by atoms with van der Waals surface area (Å²) in [4.78, 5) is 21.4. The highest BCUT2D eigenvalue weighted by Gasteiger charge is 2.14. The summed E-state index contributed by atoms with van der Waals surface area (Å²) in [6, 6.07) is 14.9. The van der Waals surface area contributed by atoms with Gasteiger partial charge in [-0.25, -0.2) is 4.98 Å². The summed E-state index contributed by atoms with van der Waals surface area (Å²) in [5, 5.41) is 6.70. The third-order valence-electron chi connectivity index (χ3n) is 4.25. The number of hydrogen-bond donors (Lipinski definition) is 1. The predicted octanol–water partition coefficient (Wildman–Crippen LogP) is 4.06. The molecule has 0 spiro atoms. The maximum atomic E-state index is 12.7. The summed E-state index contributed by atoms with van der Waals surface area (Å²) in [5.74, 6) is 1.35. The first-order chi connectivity index (χ1) is 13.2. The van der Waals surface area contributed by atoms with Crippen LogP contribution in [-0.2, 0) is 6.54 Å². The normalized spacial score (nSPS) is 11.0. The van der Waals surface area contributed by atoms with Crippen LogP contribution in [0.2, 0.25) is 0 Å². The molecule has 0 radical (unpaired) electrons. The van der Waals surface area contributed by atoms with Gasteiger partial charge in [-0.1, -0.05) is 24.2 Å². The van der Waals surface area contributed by atoms with Gasteiger partial charge in [0.1, 0.15) is 0 Å². The van der Waals surface area contributed by atoms with Crippen LogP contribution in [0.1, 0.15) is 29.5 Å². The van der Waals surface area contributed by atoms with Gasteiger partial charge in [0.2, 0.25) is 5.95 Å². The van der Waals surface area contributed by atoms with Crippen molar-refractivity contribution < 1.29 is 9.32 Å². The van der Waals surface area contributed by atoms with Gasteiger partial charge in [-0.15, -0.1) is 0 Å². The van der Waals surface area contributed by atoms with Gasteiger partial charge in [0.15, 0.2) is 5.82 Å². The Morgan fingerprint density at radius 3 is 2.59 bits per heavy atom. The average molecular weight is 361 g/mol. The highest BCUT2D eigenvalue weighted by Crippen LogP contribution is 2.22. The fourth-order valence-electron chi connectivity index (χ4n) is 2.97. The predicted molar refractivity (Wildman–Crippen MR) is 102 cm³/mol. The van der Waals surface area contributed by atoms with Crippen molar-refractivity contribution in [1.29, 1.82) is 0 Å². The standard InChI is InChI=1S/C20H19N5O2/c1-3-12-25-17-7-5-4-6-16(17)22-20(25)23-18(26)14-8-10-15(11-9-14)19-21-13(2)24-27-19/h4-11H,3,12H2,1-2H3,(H,22,23,26). The number of nitrogens with one attached hydrogen (secondary N) is 1. The Morgan fingerprint density at radius 1 is 1.11 bits per heavy atom. The number of benzene rings is 2. The monoisotopic (exact) mass is 361 g/mol. The minimum Gasteiger partial charge on any atom is -0.334 e. The third kappa shape index (κ3) is 3.31. The molecule has 0 aliphatic carbocycles. The summed E-state index contributed by atoms with van der Waals surface area (Å²) in [6.45, 7) is 4.64. The topological polar surface area (TPSA) is 85.8 Å². The molecule has 0 aliphatic rings. The first kappa shape index (κ1) is 17.0. The molecule has 4 rings (SSSR count). The van der Waals surface area contributed by atoms with Crippen LogP contribution in [0.25, 0.3) is 22.5 Å². The summed E-state index contributed by atoms with van der Waals surface area (Å²) in [5.41, 5.74) is 3.18. The van der Waals surface area contributed by atoms with Crippen molar-refractivity contribution >= 4 is 22.9 Å². The van der Waals surface area contributed by atoms with Crippen molar-refractivity contribution in [3.8, 4) is 11.5 Å². The number of amides is 1. The first-order valence-corrected chi connectivity index (χ1v) is 8.83. The van der Waals surface area contributed by atoms with Gasteiger partial charge in [0, 0.05) is 17.7 Å². The number of anilines is 1. The molecule has 0 fully saturated rings. The fourth-order valence-corrected chi connectivity index (χ4v) is 2.97. The highest BCUT2D eigenvalue weighted by atomic mass is 16.5. The summed E-state index contributed by atoms with van der Waals surface area (Å²) >= 11 is 0. The van der Waals surface area contributed by atoms with Crippen molar-refractivity contribution in [2.75, 3.05) is 5.32 Å². The van der Waals surface area contributed by atoms with E-state index >= 15 is 0 Å². The Kier molecular flexibility index (Phi) is 4.42. The van der Waals surface area contributed by atoms with E-state index in [1.165, 1.54) is 0 Å². The molecule has 2 aromatic heterocycles. The van der Waals surface area contributed by atoms with E-state index in [1.54, 1.807) is 31.2 Å². The Labute approximate surface area is 156 Å². The lowest BCUT2D eigenvalue weighted by Gasteiger charge is -2.09. The quantitative estimate of drug-likeness (QED) is 0.579. The lowest BCUT2D eigenvalue weighted by Crippen LogP contribution is -2.16. The largest absolute Gasteiger partial charge is 0.334 e. The number of hydrogen-bond acceptors (Lipinski definition) is 5. The minimum absolute atomic E-state index is 0.212. The number of carbonyl (C=O) groups is 1. The molecule has 2 heterocycles. The molecule has 0 bridgehead atoms. The number of fused-ring (bicyclic) bond motifs is 1. The van der Waals surface area contributed by atoms with Crippen molar-refractivity contribution in [2.45, 2.75) is 26.8 Å². The molecule has 0 saturated heterocycles. The third-order valence-corrected chi connectivity index (χ3v) is 4.25. The molecule has 1 amide bonds. The molecule has 27 heavy (non-hydrogen) atoms. The second-order valence-corrected chi connectivity index (χ2v) is 6.25. The van der Waals surface area contributed by atoms with Crippen molar-refractivity contribution in [3.05, 3.63) is 59.9 Å². The summed E-state index contributed by atoms with van der Waals surface area (Å²) < 4.78 is 7.18. The summed E-state index contributed by atoms with van der Waals surface area (Å²) in [6.07, 6.45) is 0.946. The lowest BCUT2D eigenvalue weighted by atomic mass is 10.1. The van der Waals surface area contributed by atoms with E-state index < -0.39 is 0 Å². The zero-order valence-electron chi connectivity index (χ0n) is 15.1. The number of carbonyl (C=O) groups excluding carboxylic acids is 1. The van der Waals surface area contributed by atoms with E-state index in [4.69, 9.17) is 4.52 Å². The van der Waals surface area contributed by atoms with Gasteiger partial charge < -0.3 is 9.09 Å². The molecule has 0 atom stereocenters. The number of imidazole rings is 1. The fraction of sp³-hybridized carbons (Fsp3) is 0.200. The zero-order chi connectivity index (χ0) is 18.8. The second kappa shape index (κ2) is 7.03. The molecule has 0 unspecified atom stereocenters. The van der Waals surface area contributed by atoms with E-state index in [9.17, 15) is 4.79 Å². The second-order valence-electron chi connectivity index (χ2n) is 6.25. The van der Waals surface area contributed by atoms with E-state index in [0.717, 1.165) is 29.6 Å². The van der Waals surface area contributed by atoms with Gasteiger partial charge in [-0.3, -0.25) is 10.1 Å². The summed E-state index contributed by atoms with van der Waals surface area (Å²) in [7, 11) is 0. The van der Waals surface area contributed by atoms with Crippen LogP contribution in [-0.4, -0.2) is 25.6 Å². The van der Waals surface area contributed by atoms with Gasteiger partial charge >= 0.3 is 0 Å².